The first-order chi connectivity index (χ1) is 16.7. The minimum absolute atomic E-state index is 0.0803. The number of carbonyl (C=O) groups is 1. The summed E-state index contributed by atoms with van der Waals surface area (Å²) in [5.41, 5.74) is -0.437. The Morgan fingerprint density at radius 3 is 2.51 bits per heavy atom. The van der Waals surface area contributed by atoms with E-state index in [4.69, 9.17) is 10.00 Å². The van der Waals surface area contributed by atoms with Crippen molar-refractivity contribution in [2.24, 2.45) is 11.3 Å². The Hall–Kier alpha value is -3.05. The molecule has 1 saturated carbocycles. The molecule has 2 aromatic rings. The number of alkyl halides is 3. The zero-order valence-corrected chi connectivity index (χ0v) is 19.6. The van der Waals surface area contributed by atoms with Gasteiger partial charge in [0.05, 0.1) is 29.2 Å². The monoisotopic (exact) mass is 483 g/mol. The lowest BCUT2D eigenvalue weighted by molar-refractivity contribution is -0.137. The molecule has 0 aromatic heterocycles. The van der Waals surface area contributed by atoms with Gasteiger partial charge in [-0.3, -0.25) is 4.79 Å². The van der Waals surface area contributed by atoms with E-state index < -0.39 is 17.2 Å². The highest BCUT2D eigenvalue weighted by molar-refractivity contribution is 5.91. The quantitative estimate of drug-likeness (QED) is 0.623. The molecular weight excluding hydrogens is 455 g/mol. The molecule has 2 saturated heterocycles. The summed E-state index contributed by atoms with van der Waals surface area (Å²) in [6, 6.07) is 15.5. The van der Waals surface area contributed by atoms with Gasteiger partial charge in [-0.1, -0.05) is 30.3 Å². The topological polar surface area (TPSA) is 56.6 Å². The van der Waals surface area contributed by atoms with Gasteiger partial charge in [0.2, 0.25) is 5.91 Å². The van der Waals surface area contributed by atoms with Crippen LogP contribution in [0.15, 0.2) is 48.5 Å². The second-order valence-corrected chi connectivity index (χ2v) is 10.2. The molecule has 2 atom stereocenters. The Morgan fingerprint density at radius 1 is 1.14 bits per heavy atom. The molecule has 2 aliphatic heterocycles. The van der Waals surface area contributed by atoms with E-state index in [1.54, 1.807) is 19.2 Å². The van der Waals surface area contributed by atoms with Crippen LogP contribution in [0.4, 0.5) is 18.9 Å². The number of likely N-dealkylation sites (tertiary alicyclic amines) is 1. The lowest BCUT2D eigenvalue weighted by Crippen LogP contribution is -2.49. The normalized spacial score (nSPS) is 25.2. The number of nitrogens with zero attached hydrogens (tertiary/aromatic N) is 3. The fourth-order valence-electron chi connectivity index (χ4n) is 6.07. The fourth-order valence-corrected chi connectivity index (χ4v) is 6.07. The number of benzene rings is 2. The van der Waals surface area contributed by atoms with Gasteiger partial charge in [-0.25, -0.2) is 0 Å². The first-order valence-electron chi connectivity index (χ1n) is 11.9. The van der Waals surface area contributed by atoms with Gasteiger partial charge in [-0.05, 0) is 43.0 Å². The summed E-state index contributed by atoms with van der Waals surface area (Å²) < 4.78 is 46.2. The number of ether oxygens (including phenoxy) is 1. The molecule has 0 spiro atoms. The van der Waals surface area contributed by atoms with Crippen molar-refractivity contribution in [3.05, 3.63) is 65.2 Å². The van der Waals surface area contributed by atoms with E-state index in [0.29, 0.717) is 38.5 Å². The minimum Gasteiger partial charge on any atom is -0.384 e. The number of piperidine rings is 1. The summed E-state index contributed by atoms with van der Waals surface area (Å²) in [5.74, 6) is 0.231. The maximum atomic E-state index is 13.7. The van der Waals surface area contributed by atoms with Crippen LogP contribution >= 0.6 is 0 Å². The molecule has 2 heterocycles. The van der Waals surface area contributed by atoms with Crippen molar-refractivity contribution in [3.63, 3.8) is 0 Å². The Labute approximate surface area is 203 Å². The van der Waals surface area contributed by atoms with Crippen molar-refractivity contribution in [1.82, 2.24) is 4.90 Å². The summed E-state index contributed by atoms with van der Waals surface area (Å²) >= 11 is 0. The second kappa shape index (κ2) is 8.56. The predicted octanol–water partition coefficient (Wildman–Crippen LogP) is 4.61. The molecule has 184 valence electrons. The van der Waals surface area contributed by atoms with Crippen LogP contribution in [0.5, 0.6) is 0 Å². The molecule has 8 heteroatoms. The summed E-state index contributed by atoms with van der Waals surface area (Å²) in [6.07, 6.45) is -2.20. The van der Waals surface area contributed by atoms with Crippen LogP contribution in [-0.2, 0) is 21.1 Å². The maximum Gasteiger partial charge on any atom is 0.417 e. The number of fused-ring (bicyclic) bond motifs is 1. The predicted molar refractivity (Wildman–Crippen MR) is 125 cm³/mol. The minimum atomic E-state index is -4.59. The number of hydrogen-bond acceptors (Lipinski definition) is 4. The van der Waals surface area contributed by atoms with E-state index in [2.05, 4.69) is 0 Å². The van der Waals surface area contributed by atoms with Crippen LogP contribution in [0, 0.1) is 22.7 Å². The third kappa shape index (κ3) is 4.06. The van der Waals surface area contributed by atoms with Crippen molar-refractivity contribution in [2.75, 3.05) is 44.8 Å². The van der Waals surface area contributed by atoms with Crippen LogP contribution in [-0.4, -0.2) is 50.7 Å². The summed E-state index contributed by atoms with van der Waals surface area (Å²) in [6.45, 7) is 2.78. The Bertz CT molecular complexity index is 1160. The largest absolute Gasteiger partial charge is 0.417 e. The van der Waals surface area contributed by atoms with Crippen LogP contribution < -0.4 is 4.90 Å². The Morgan fingerprint density at radius 2 is 1.89 bits per heavy atom. The van der Waals surface area contributed by atoms with E-state index in [-0.39, 0.29) is 22.8 Å². The number of hydrogen-bond donors (Lipinski definition) is 0. The molecule has 0 unspecified atom stereocenters. The number of carbonyl (C=O) groups excluding carboxylic acids is 1. The molecule has 5 rings (SSSR count). The molecule has 1 aliphatic carbocycles. The zero-order chi connectivity index (χ0) is 24.8. The summed E-state index contributed by atoms with van der Waals surface area (Å²) in [7, 11) is 1.66. The summed E-state index contributed by atoms with van der Waals surface area (Å²) in [5, 5.41) is 9.12. The Balaban J connectivity index is 1.39. The number of anilines is 1. The van der Waals surface area contributed by atoms with Gasteiger partial charge in [-0.15, -0.1) is 0 Å². The number of nitriles is 1. The molecule has 0 bridgehead atoms. The first kappa shape index (κ1) is 23.7. The lowest BCUT2D eigenvalue weighted by Gasteiger charge is -2.44. The molecule has 0 radical (unpaired) electrons. The third-order valence-electron chi connectivity index (χ3n) is 8.13. The molecule has 35 heavy (non-hydrogen) atoms. The summed E-state index contributed by atoms with van der Waals surface area (Å²) in [4.78, 5) is 17.6. The molecule has 3 aliphatic rings. The first-order valence-corrected chi connectivity index (χ1v) is 11.9. The number of halogens is 3. The average molecular weight is 484 g/mol. The van der Waals surface area contributed by atoms with E-state index in [9.17, 15) is 18.0 Å². The highest BCUT2D eigenvalue weighted by atomic mass is 19.4. The van der Waals surface area contributed by atoms with Gasteiger partial charge < -0.3 is 14.5 Å². The van der Waals surface area contributed by atoms with Crippen molar-refractivity contribution in [2.45, 2.75) is 30.9 Å². The van der Waals surface area contributed by atoms with Crippen molar-refractivity contribution in [3.8, 4) is 6.07 Å². The number of amides is 1. The molecule has 1 amide bonds. The molecule has 2 aromatic carbocycles. The fraction of sp³-hybridized carbons (Fsp3) is 0.481. The number of methoxy groups -OCH3 is 1. The molecular formula is C27H28F3N3O2. The smallest absolute Gasteiger partial charge is 0.384 e. The van der Waals surface area contributed by atoms with Crippen molar-refractivity contribution >= 4 is 11.6 Å². The van der Waals surface area contributed by atoms with Gasteiger partial charge >= 0.3 is 6.18 Å². The van der Waals surface area contributed by atoms with E-state index in [0.717, 1.165) is 30.9 Å². The Kier molecular flexibility index (Phi) is 5.79. The average Bonchev–Trinajstić information content (AvgIpc) is 3.58. The third-order valence-corrected chi connectivity index (χ3v) is 8.13. The van der Waals surface area contributed by atoms with Crippen molar-refractivity contribution in [1.29, 1.82) is 5.26 Å². The van der Waals surface area contributed by atoms with Crippen LogP contribution in [0.25, 0.3) is 0 Å². The van der Waals surface area contributed by atoms with Gasteiger partial charge in [0.15, 0.2) is 0 Å². The highest BCUT2D eigenvalue weighted by Gasteiger charge is 2.58. The van der Waals surface area contributed by atoms with Gasteiger partial charge in [0.25, 0.3) is 0 Å². The van der Waals surface area contributed by atoms with E-state index in [1.807, 2.05) is 40.1 Å². The molecule has 3 fully saturated rings. The van der Waals surface area contributed by atoms with Gasteiger partial charge in [0.1, 0.15) is 0 Å². The van der Waals surface area contributed by atoms with Crippen LogP contribution in [0.2, 0.25) is 0 Å². The van der Waals surface area contributed by atoms with Gasteiger partial charge in [0, 0.05) is 50.3 Å². The van der Waals surface area contributed by atoms with E-state index >= 15 is 0 Å². The SMILES string of the molecule is COC[C@@]12CCN(c3ccc(C#N)c(C(F)(F)F)c3)C[C@@H]1CN(C(=O)C1(c3ccccc3)CC1)C2. The second-order valence-electron chi connectivity index (χ2n) is 10.2. The zero-order valence-electron chi connectivity index (χ0n) is 19.6. The van der Waals surface area contributed by atoms with Gasteiger partial charge in [-0.2, -0.15) is 18.4 Å². The van der Waals surface area contributed by atoms with Crippen molar-refractivity contribution < 1.29 is 22.7 Å². The van der Waals surface area contributed by atoms with Crippen LogP contribution in [0.3, 0.4) is 0 Å². The standard InChI is InChI=1S/C27H28F3N3O2/c1-35-18-25-11-12-32(22-8-7-19(14-31)23(13-22)27(28,29)30)15-21(25)16-33(17-25)24(34)26(9-10-26)20-5-3-2-4-6-20/h2-8,13,21H,9-12,15-18H2,1H3/t21-,25+/m1/s1. The maximum absolute atomic E-state index is 13.7. The van der Waals surface area contributed by atoms with E-state index in [1.165, 1.54) is 6.07 Å². The molecule has 0 N–H and O–H groups in total. The number of rotatable bonds is 5. The molecule has 5 nitrogen and oxygen atoms in total. The lowest BCUT2D eigenvalue weighted by atomic mass is 9.73. The highest BCUT2D eigenvalue weighted by Crippen LogP contribution is 2.52. The van der Waals surface area contributed by atoms with Crippen LogP contribution in [0.1, 0.15) is 36.0 Å².